The van der Waals surface area contributed by atoms with Crippen LogP contribution in [-0.2, 0) is 4.79 Å². The number of fused-ring (bicyclic) bond motifs is 3. The Morgan fingerprint density at radius 3 is 2.79 bits per heavy atom. The number of benzene rings is 1. The average molecular weight is 356 g/mol. The van der Waals surface area contributed by atoms with Crippen LogP contribution < -0.4 is 10.6 Å². The Hall–Kier alpha value is -2.62. The molecule has 0 aliphatic carbocycles. The molecule has 3 aromatic rings. The summed E-state index contributed by atoms with van der Waals surface area (Å²) in [5.74, 6) is -1.44. The normalized spacial score (nSPS) is 11.8. The van der Waals surface area contributed by atoms with E-state index < -0.39 is 31.1 Å². The largest absolute Gasteiger partial charge is 0.405 e. The molecule has 0 spiro atoms. The first kappa shape index (κ1) is 16.2. The van der Waals surface area contributed by atoms with Gasteiger partial charge in [-0.15, -0.1) is 0 Å². The highest BCUT2D eigenvalue weighted by Crippen LogP contribution is 2.26. The number of aromatic nitrogens is 2. The second kappa shape index (κ2) is 6.11. The molecular formula is C14H11F3N4O2S. The molecule has 0 radical (unpaired) electrons. The molecule has 0 atom stereocenters. The summed E-state index contributed by atoms with van der Waals surface area (Å²) >= 11 is 1.40. The molecule has 3 rings (SSSR count). The highest BCUT2D eigenvalue weighted by molar-refractivity contribution is 7.23. The highest BCUT2D eigenvalue weighted by atomic mass is 32.1. The molecule has 2 heterocycles. The minimum atomic E-state index is -4.48. The maximum atomic E-state index is 12.0. The van der Waals surface area contributed by atoms with E-state index in [0.717, 1.165) is 15.2 Å². The van der Waals surface area contributed by atoms with Crippen molar-refractivity contribution in [2.45, 2.75) is 6.18 Å². The summed E-state index contributed by atoms with van der Waals surface area (Å²) in [6.45, 7) is -1.95. The number of nitrogens with zero attached hydrogens (tertiary/aromatic N) is 2. The number of thiazole rings is 1. The van der Waals surface area contributed by atoms with Crippen LogP contribution in [0.3, 0.4) is 0 Å². The molecule has 0 bridgehead atoms. The second-order valence-electron chi connectivity index (χ2n) is 4.94. The summed E-state index contributed by atoms with van der Waals surface area (Å²) in [7, 11) is 0. The molecule has 6 nitrogen and oxygen atoms in total. The predicted molar refractivity (Wildman–Crippen MR) is 82.0 cm³/mol. The molecule has 126 valence electrons. The Bertz CT molecular complexity index is 916. The van der Waals surface area contributed by atoms with Crippen LogP contribution in [0.15, 0.2) is 30.6 Å². The van der Waals surface area contributed by atoms with E-state index in [1.54, 1.807) is 35.9 Å². The monoisotopic (exact) mass is 356 g/mol. The van der Waals surface area contributed by atoms with Gasteiger partial charge < -0.3 is 10.6 Å². The van der Waals surface area contributed by atoms with Crippen LogP contribution in [0.25, 0.3) is 15.2 Å². The smallest absolute Gasteiger partial charge is 0.345 e. The third-order valence-corrected chi connectivity index (χ3v) is 4.22. The maximum Gasteiger partial charge on any atom is 0.405 e. The molecule has 0 aliphatic heterocycles. The topological polar surface area (TPSA) is 75.5 Å². The number of carbonyl (C=O) groups excluding carboxylic acids is 2. The van der Waals surface area contributed by atoms with E-state index in [9.17, 15) is 22.8 Å². The van der Waals surface area contributed by atoms with Gasteiger partial charge in [-0.1, -0.05) is 11.3 Å². The third kappa shape index (κ3) is 3.48. The van der Waals surface area contributed by atoms with Crippen molar-refractivity contribution in [1.29, 1.82) is 0 Å². The number of nitrogens with one attached hydrogen (secondary N) is 2. The van der Waals surface area contributed by atoms with Gasteiger partial charge in [-0.3, -0.25) is 14.0 Å². The summed E-state index contributed by atoms with van der Waals surface area (Å²) in [4.78, 5) is 28.3. The van der Waals surface area contributed by atoms with Gasteiger partial charge in [0.05, 0.1) is 16.8 Å². The van der Waals surface area contributed by atoms with Gasteiger partial charge in [0.15, 0.2) is 4.96 Å². The quantitative estimate of drug-likeness (QED) is 0.750. The molecule has 0 unspecified atom stereocenters. The van der Waals surface area contributed by atoms with Gasteiger partial charge in [-0.25, -0.2) is 4.98 Å². The molecule has 2 aromatic heterocycles. The van der Waals surface area contributed by atoms with Crippen molar-refractivity contribution in [2.24, 2.45) is 0 Å². The fraction of sp³-hybridized carbons (Fsp3) is 0.214. The van der Waals surface area contributed by atoms with Crippen molar-refractivity contribution < 1.29 is 22.8 Å². The number of amides is 2. The van der Waals surface area contributed by atoms with Crippen LogP contribution in [-0.4, -0.2) is 40.5 Å². The van der Waals surface area contributed by atoms with Crippen molar-refractivity contribution in [3.8, 4) is 0 Å². The SMILES string of the molecule is O=C(CNC(=O)c1ccc2c(c1)sc1nccn12)NCC(F)(F)F. The van der Waals surface area contributed by atoms with Crippen molar-refractivity contribution in [2.75, 3.05) is 13.1 Å². The van der Waals surface area contributed by atoms with E-state index in [-0.39, 0.29) is 0 Å². The molecule has 2 amide bonds. The molecule has 24 heavy (non-hydrogen) atoms. The Morgan fingerprint density at radius 2 is 2.04 bits per heavy atom. The summed E-state index contributed by atoms with van der Waals surface area (Å²) in [5, 5.41) is 3.98. The second-order valence-corrected chi connectivity index (χ2v) is 5.95. The standard InChI is InChI=1S/C14H11F3N4O2S/c15-14(16,17)7-20-11(22)6-19-12(23)8-1-2-9-10(5-8)24-13-18-3-4-21(9)13/h1-5H,6-7H2,(H,19,23)(H,20,22). The number of hydrogen-bond donors (Lipinski definition) is 2. The van der Waals surface area contributed by atoms with Crippen LogP contribution in [0.1, 0.15) is 10.4 Å². The van der Waals surface area contributed by atoms with Crippen LogP contribution in [0.5, 0.6) is 0 Å². The molecule has 0 fully saturated rings. The van der Waals surface area contributed by atoms with Gasteiger partial charge >= 0.3 is 6.18 Å². The molecule has 0 saturated heterocycles. The number of halogens is 3. The summed E-state index contributed by atoms with van der Waals surface area (Å²) in [5.41, 5.74) is 1.21. The van der Waals surface area contributed by atoms with Crippen LogP contribution in [0, 0.1) is 0 Å². The van der Waals surface area contributed by atoms with Crippen molar-refractivity contribution in [1.82, 2.24) is 20.0 Å². The van der Waals surface area contributed by atoms with E-state index in [1.807, 2.05) is 4.40 Å². The summed E-state index contributed by atoms with van der Waals surface area (Å²) < 4.78 is 38.7. The van der Waals surface area contributed by atoms with Crippen molar-refractivity contribution in [3.63, 3.8) is 0 Å². The van der Waals surface area contributed by atoms with Crippen LogP contribution in [0.2, 0.25) is 0 Å². The van der Waals surface area contributed by atoms with E-state index in [4.69, 9.17) is 0 Å². The molecule has 2 N–H and O–H groups in total. The Kier molecular flexibility index (Phi) is 4.14. The number of carbonyl (C=O) groups is 2. The highest BCUT2D eigenvalue weighted by Gasteiger charge is 2.27. The molecular weight excluding hydrogens is 345 g/mol. The number of rotatable bonds is 4. The Labute approximate surface area is 137 Å². The first-order chi connectivity index (χ1) is 11.3. The predicted octanol–water partition coefficient (Wildman–Crippen LogP) is 1.96. The summed E-state index contributed by atoms with van der Waals surface area (Å²) in [6, 6.07) is 4.98. The number of hydrogen-bond acceptors (Lipinski definition) is 4. The van der Waals surface area contributed by atoms with Gasteiger partial charge in [0, 0.05) is 18.0 Å². The average Bonchev–Trinajstić information content (AvgIpc) is 3.09. The van der Waals surface area contributed by atoms with E-state index >= 15 is 0 Å². The van der Waals surface area contributed by atoms with Gasteiger partial charge in [-0.05, 0) is 18.2 Å². The first-order valence-electron chi connectivity index (χ1n) is 6.81. The third-order valence-electron chi connectivity index (χ3n) is 3.19. The van der Waals surface area contributed by atoms with Crippen molar-refractivity contribution >= 4 is 38.3 Å². The van der Waals surface area contributed by atoms with E-state index in [2.05, 4.69) is 10.3 Å². The maximum absolute atomic E-state index is 12.0. The van der Waals surface area contributed by atoms with E-state index in [0.29, 0.717) is 5.56 Å². The van der Waals surface area contributed by atoms with Crippen LogP contribution >= 0.6 is 11.3 Å². The fourth-order valence-electron chi connectivity index (χ4n) is 2.11. The lowest BCUT2D eigenvalue weighted by molar-refractivity contribution is -0.137. The van der Waals surface area contributed by atoms with E-state index in [1.165, 1.54) is 11.3 Å². The lowest BCUT2D eigenvalue weighted by atomic mass is 10.2. The Morgan fingerprint density at radius 1 is 1.25 bits per heavy atom. The van der Waals surface area contributed by atoms with Gasteiger partial charge in [0.2, 0.25) is 5.91 Å². The van der Waals surface area contributed by atoms with Crippen LogP contribution in [0.4, 0.5) is 13.2 Å². The summed E-state index contributed by atoms with van der Waals surface area (Å²) in [6.07, 6.45) is -1.01. The molecule has 1 aromatic carbocycles. The molecule has 0 saturated carbocycles. The zero-order chi connectivity index (χ0) is 17.3. The fourth-order valence-corrected chi connectivity index (χ4v) is 3.13. The minimum absolute atomic E-state index is 0.315. The first-order valence-corrected chi connectivity index (χ1v) is 7.62. The zero-order valence-electron chi connectivity index (χ0n) is 12.1. The number of imidazole rings is 1. The minimum Gasteiger partial charge on any atom is -0.345 e. The lowest BCUT2D eigenvalue weighted by Crippen LogP contribution is -2.40. The van der Waals surface area contributed by atoms with Gasteiger partial charge in [-0.2, -0.15) is 13.2 Å². The molecule has 0 aliphatic rings. The molecule has 10 heteroatoms. The number of alkyl halides is 3. The lowest BCUT2D eigenvalue weighted by Gasteiger charge is -2.09. The Balaban J connectivity index is 1.64. The van der Waals surface area contributed by atoms with Gasteiger partial charge in [0.25, 0.3) is 5.91 Å². The van der Waals surface area contributed by atoms with Gasteiger partial charge in [0.1, 0.15) is 6.54 Å². The zero-order valence-corrected chi connectivity index (χ0v) is 12.9. The van der Waals surface area contributed by atoms with Crippen molar-refractivity contribution in [3.05, 3.63) is 36.2 Å².